The lowest BCUT2D eigenvalue weighted by Crippen LogP contribution is -2.39. The van der Waals surface area contributed by atoms with Gasteiger partial charge in [-0.1, -0.05) is 12.1 Å². The maximum atomic E-state index is 12.5. The summed E-state index contributed by atoms with van der Waals surface area (Å²) in [6, 6.07) is 14.9. The van der Waals surface area contributed by atoms with Crippen LogP contribution in [0.15, 0.2) is 59.7 Å². The molecule has 3 aromatic rings. The van der Waals surface area contributed by atoms with E-state index in [1.54, 1.807) is 25.3 Å². The second kappa shape index (κ2) is 8.45. The summed E-state index contributed by atoms with van der Waals surface area (Å²) in [7, 11) is 1.75. The molecule has 4 rings (SSSR count). The number of fused-ring (bicyclic) bond motifs is 1. The van der Waals surface area contributed by atoms with Crippen molar-refractivity contribution in [2.75, 3.05) is 30.4 Å². The van der Waals surface area contributed by atoms with Gasteiger partial charge in [0, 0.05) is 31.6 Å². The van der Waals surface area contributed by atoms with Gasteiger partial charge in [0.2, 0.25) is 5.91 Å². The molecular formula is C22H24N4O3. The molecule has 1 unspecified atom stereocenters. The number of carbonyl (C=O) groups is 1. The molecule has 7 heteroatoms. The van der Waals surface area contributed by atoms with E-state index >= 15 is 0 Å². The molecule has 150 valence electrons. The standard InChI is InChI=1S/C22H24N4O3/c1-29-18-5-4-12-25(13-18)17-10-8-16(9-11-17)24-21(27)14-26-15-23-20-7-3-2-6-19(20)22(26)28/h2-3,6-11,15,18H,4-5,12-14H2,1H3,(H,24,27). The van der Waals surface area contributed by atoms with Gasteiger partial charge in [-0.3, -0.25) is 14.2 Å². The van der Waals surface area contributed by atoms with E-state index in [9.17, 15) is 9.59 Å². The Kier molecular flexibility index (Phi) is 5.57. The highest BCUT2D eigenvalue weighted by molar-refractivity contribution is 5.91. The van der Waals surface area contributed by atoms with E-state index in [4.69, 9.17) is 4.74 Å². The molecule has 0 spiro atoms. The molecule has 1 N–H and O–H groups in total. The number of rotatable bonds is 5. The zero-order chi connectivity index (χ0) is 20.2. The number of amides is 1. The number of piperidine rings is 1. The Morgan fingerprint density at radius 3 is 2.79 bits per heavy atom. The van der Waals surface area contributed by atoms with Gasteiger partial charge < -0.3 is 15.0 Å². The molecule has 0 bridgehead atoms. The van der Waals surface area contributed by atoms with Crippen LogP contribution in [0.25, 0.3) is 10.9 Å². The van der Waals surface area contributed by atoms with E-state index < -0.39 is 0 Å². The zero-order valence-corrected chi connectivity index (χ0v) is 16.4. The van der Waals surface area contributed by atoms with Gasteiger partial charge in [-0.15, -0.1) is 0 Å². The van der Waals surface area contributed by atoms with Crippen molar-refractivity contribution >= 4 is 28.2 Å². The number of carbonyl (C=O) groups excluding carboxylic acids is 1. The minimum absolute atomic E-state index is 0.0833. The van der Waals surface area contributed by atoms with Gasteiger partial charge in [0.25, 0.3) is 5.56 Å². The molecule has 29 heavy (non-hydrogen) atoms. The molecule has 1 aliphatic heterocycles. The van der Waals surface area contributed by atoms with Crippen molar-refractivity contribution in [3.8, 4) is 0 Å². The van der Waals surface area contributed by atoms with Gasteiger partial charge in [0.15, 0.2) is 0 Å². The number of methoxy groups -OCH3 is 1. The van der Waals surface area contributed by atoms with Crippen LogP contribution >= 0.6 is 0 Å². The number of ether oxygens (including phenoxy) is 1. The summed E-state index contributed by atoms with van der Waals surface area (Å²) in [5.74, 6) is -0.269. The van der Waals surface area contributed by atoms with E-state index in [0.717, 1.165) is 31.6 Å². The third-order valence-corrected chi connectivity index (χ3v) is 5.27. The van der Waals surface area contributed by atoms with Crippen LogP contribution in [0.2, 0.25) is 0 Å². The largest absolute Gasteiger partial charge is 0.380 e. The lowest BCUT2D eigenvalue weighted by molar-refractivity contribution is -0.116. The third kappa shape index (κ3) is 4.30. The minimum Gasteiger partial charge on any atom is -0.380 e. The van der Waals surface area contributed by atoms with Crippen LogP contribution in [0.4, 0.5) is 11.4 Å². The number of benzene rings is 2. The Morgan fingerprint density at radius 2 is 2.00 bits per heavy atom. The SMILES string of the molecule is COC1CCCN(c2ccc(NC(=O)Cn3cnc4ccccc4c3=O)cc2)C1. The fraction of sp³-hybridized carbons (Fsp3) is 0.318. The molecule has 2 aromatic carbocycles. The number of nitrogens with one attached hydrogen (secondary N) is 1. The molecule has 1 atom stereocenters. The van der Waals surface area contributed by atoms with Gasteiger partial charge in [-0.25, -0.2) is 4.98 Å². The molecular weight excluding hydrogens is 368 g/mol. The van der Waals surface area contributed by atoms with Crippen LogP contribution in [-0.4, -0.2) is 41.8 Å². The Labute approximate surface area is 168 Å². The van der Waals surface area contributed by atoms with Crippen LogP contribution in [0.5, 0.6) is 0 Å². The zero-order valence-electron chi connectivity index (χ0n) is 16.4. The molecule has 0 saturated carbocycles. The summed E-state index contributed by atoms with van der Waals surface area (Å²) in [5.41, 5.74) is 2.21. The van der Waals surface area contributed by atoms with E-state index in [1.807, 2.05) is 30.3 Å². The van der Waals surface area contributed by atoms with Crippen molar-refractivity contribution in [1.82, 2.24) is 9.55 Å². The van der Waals surface area contributed by atoms with Crippen LogP contribution in [-0.2, 0) is 16.1 Å². The summed E-state index contributed by atoms with van der Waals surface area (Å²) >= 11 is 0. The maximum absolute atomic E-state index is 12.5. The highest BCUT2D eigenvalue weighted by Crippen LogP contribution is 2.23. The monoisotopic (exact) mass is 392 g/mol. The second-order valence-corrected chi connectivity index (χ2v) is 7.24. The van der Waals surface area contributed by atoms with Crippen molar-refractivity contribution in [2.45, 2.75) is 25.5 Å². The van der Waals surface area contributed by atoms with Crippen molar-refractivity contribution in [3.05, 3.63) is 65.2 Å². The van der Waals surface area contributed by atoms with Crippen LogP contribution < -0.4 is 15.8 Å². The summed E-state index contributed by atoms with van der Waals surface area (Å²) in [5, 5.41) is 3.35. The van der Waals surface area contributed by atoms with Crippen LogP contribution in [0, 0.1) is 0 Å². The number of anilines is 2. The third-order valence-electron chi connectivity index (χ3n) is 5.27. The highest BCUT2D eigenvalue weighted by Gasteiger charge is 2.19. The predicted octanol–water partition coefficient (Wildman–Crippen LogP) is 2.65. The summed E-state index contributed by atoms with van der Waals surface area (Å²) in [6.45, 7) is 1.80. The number of para-hydroxylation sites is 1. The van der Waals surface area contributed by atoms with Gasteiger partial charge in [0.05, 0.1) is 23.3 Å². The number of hydrogen-bond donors (Lipinski definition) is 1. The normalized spacial score (nSPS) is 16.7. The van der Waals surface area contributed by atoms with Crippen molar-refractivity contribution in [2.24, 2.45) is 0 Å². The van der Waals surface area contributed by atoms with E-state index in [0.29, 0.717) is 16.6 Å². The summed E-state index contributed by atoms with van der Waals surface area (Å²) in [4.78, 5) is 31.5. The first-order valence-electron chi connectivity index (χ1n) is 9.76. The Hall–Kier alpha value is -3.19. The highest BCUT2D eigenvalue weighted by atomic mass is 16.5. The first-order valence-corrected chi connectivity index (χ1v) is 9.76. The van der Waals surface area contributed by atoms with Gasteiger partial charge in [-0.05, 0) is 49.2 Å². The molecule has 1 amide bonds. The molecule has 2 heterocycles. The van der Waals surface area contributed by atoms with E-state index in [2.05, 4.69) is 15.2 Å². The first-order chi connectivity index (χ1) is 14.1. The Bertz CT molecular complexity index is 1060. The van der Waals surface area contributed by atoms with E-state index in [1.165, 1.54) is 10.9 Å². The average molecular weight is 392 g/mol. The lowest BCUT2D eigenvalue weighted by atomic mass is 10.1. The van der Waals surface area contributed by atoms with Crippen molar-refractivity contribution in [1.29, 1.82) is 0 Å². The van der Waals surface area contributed by atoms with Gasteiger partial charge in [0.1, 0.15) is 6.54 Å². The van der Waals surface area contributed by atoms with Gasteiger partial charge >= 0.3 is 0 Å². The van der Waals surface area contributed by atoms with Crippen LogP contribution in [0.3, 0.4) is 0 Å². The molecule has 7 nitrogen and oxygen atoms in total. The molecule has 0 radical (unpaired) electrons. The smallest absolute Gasteiger partial charge is 0.261 e. The Balaban J connectivity index is 1.41. The summed E-state index contributed by atoms with van der Waals surface area (Å²) in [6.07, 6.45) is 3.86. The predicted molar refractivity (Wildman–Crippen MR) is 113 cm³/mol. The topological polar surface area (TPSA) is 76.5 Å². The average Bonchev–Trinajstić information content (AvgIpc) is 2.76. The molecule has 1 aliphatic rings. The second-order valence-electron chi connectivity index (χ2n) is 7.24. The minimum atomic E-state index is -0.269. The van der Waals surface area contributed by atoms with Crippen LogP contribution in [0.1, 0.15) is 12.8 Å². The summed E-state index contributed by atoms with van der Waals surface area (Å²) < 4.78 is 6.80. The fourth-order valence-electron chi connectivity index (χ4n) is 3.69. The Morgan fingerprint density at radius 1 is 1.21 bits per heavy atom. The molecule has 1 saturated heterocycles. The number of nitrogens with zero attached hydrogens (tertiary/aromatic N) is 3. The lowest BCUT2D eigenvalue weighted by Gasteiger charge is -2.33. The fourth-order valence-corrected chi connectivity index (χ4v) is 3.69. The number of aromatic nitrogens is 2. The van der Waals surface area contributed by atoms with E-state index in [-0.39, 0.29) is 24.1 Å². The molecule has 1 aromatic heterocycles. The van der Waals surface area contributed by atoms with Gasteiger partial charge in [-0.2, -0.15) is 0 Å². The maximum Gasteiger partial charge on any atom is 0.261 e. The first kappa shape index (κ1) is 19.1. The van der Waals surface area contributed by atoms with Crippen molar-refractivity contribution in [3.63, 3.8) is 0 Å². The molecule has 1 fully saturated rings. The number of hydrogen-bond acceptors (Lipinski definition) is 5. The molecule has 0 aliphatic carbocycles. The quantitative estimate of drug-likeness (QED) is 0.722. The van der Waals surface area contributed by atoms with Crippen molar-refractivity contribution < 1.29 is 9.53 Å².